The lowest BCUT2D eigenvalue weighted by atomic mass is 10.2. The Morgan fingerprint density at radius 3 is 2.91 bits per heavy atom. The summed E-state index contributed by atoms with van der Waals surface area (Å²) in [5.41, 5.74) is 1.27. The van der Waals surface area contributed by atoms with E-state index >= 15 is 0 Å². The van der Waals surface area contributed by atoms with Crippen LogP contribution in [0.15, 0.2) is 10.7 Å². The molecule has 0 spiro atoms. The summed E-state index contributed by atoms with van der Waals surface area (Å²) >= 11 is 0. The molecule has 1 saturated heterocycles. The predicted octanol–water partition coefficient (Wildman–Crippen LogP) is 0.522. The zero-order valence-corrected chi connectivity index (χ0v) is 13.6. The third-order valence-corrected chi connectivity index (χ3v) is 5.64. The number of ether oxygens (including phenoxy) is 1. The molecule has 8 nitrogen and oxygen atoms in total. The fourth-order valence-corrected chi connectivity index (χ4v) is 4.24. The Kier molecular flexibility index (Phi) is 3.97. The molecule has 1 aliphatic rings. The first-order valence-electron chi connectivity index (χ1n) is 7.19. The highest BCUT2D eigenvalue weighted by Gasteiger charge is 2.29. The minimum atomic E-state index is -3.03. The lowest BCUT2D eigenvalue weighted by Gasteiger charge is -2.11. The van der Waals surface area contributed by atoms with Crippen LogP contribution < -0.4 is 10.1 Å². The number of nitrogens with one attached hydrogen (secondary N) is 1. The van der Waals surface area contributed by atoms with Gasteiger partial charge < -0.3 is 14.5 Å². The minimum Gasteiger partial charge on any atom is -0.467 e. The van der Waals surface area contributed by atoms with Gasteiger partial charge in [0, 0.05) is 11.6 Å². The lowest BCUT2D eigenvalue weighted by Crippen LogP contribution is -2.38. The highest BCUT2D eigenvalue weighted by molar-refractivity contribution is 7.91. The number of amides is 1. The SMILES string of the molecule is Cc1oc2ncnc(OCC(=O)N[C@@H]3CCS(=O)(=O)C3)c2c1C. The monoisotopic (exact) mass is 339 g/mol. The van der Waals surface area contributed by atoms with Gasteiger partial charge in [-0.3, -0.25) is 4.79 Å². The Morgan fingerprint density at radius 2 is 2.22 bits per heavy atom. The van der Waals surface area contributed by atoms with Crippen LogP contribution in [0.1, 0.15) is 17.7 Å². The maximum absolute atomic E-state index is 11.9. The van der Waals surface area contributed by atoms with Gasteiger partial charge in [0.05, 0.1) is 11.5 Å². The van der Waals surface area contributed by atoms with Crippen molar-refractivity contribution in [2.45, 2.75) is 26.3 Å². The number of aromatic nitrogens is 2. The van der Waals surface area contributed by atoms with Gasteiger partial charge in [0.1, 0.15) is 17.5 Å². The van der Waals surface area contributed by atoms with Gasteiger partial charge in [-0.15, -0.1) is 0 Å². The summed E-state index contributed by atoms with van der Waals surface area (Å²) in [6.45, 7) is 3.43. The smallest absolute Gasteiger partial charge is 0.258 e. The molecule has 1 fully saturated rings. The van der Waals surface area contributed by atoms with E-state index in [1.165, 1.54) is 6.33 Å². The quantitative estimate of drug-likeness (QED) is 0.864. The van der Waals surface area contributed by atoms with E-state index in [0.717, 1.165) is 5.56 Å². The van der Waals surface area contributed by atoms with Crippen LogP contribution in [0.4, 0.5) is 0 Å². The molecular weight excluding hydrogens is 322 g/mol. The Bertz CT molecular complexity index is 859. The van der Waals surface area contributed by atoms with E-state index in [9.17, 15) is 13.2 Å². The first-order chi connectivity index (χ1) is 10.9. The maximum atomic E-state index is 11.9. The zero-order valence-electron chi connectivity index (χ0n) is 12.8. The summed E-state index contributed by atoms with van der Waals surface area (Å²) in [6, 6.07) is -0.348. The molecule has 0 bridgehead atoms. The van der Waals surface area contributed by atoms with E-state index in [0.29, 0.717) is 23.3 Å². The molecule has 9 heteroatoms. The molecule has 0 aliphatic carbocycles. The van der Waals surface area contributed by atoms with E-state index in [1.807, 2.05) is 13.8 Å². The maximum Gasteiger partial charge on any atom is 0.258 e. The van der Waals surface area contributed by atoms with E-state index in [2.05, 4.69) is 15.3 Å². The van der Waals surface area contributed by atoms with Crippen molar-refractivity contribution in [1.82, 2.24) is 15.3 Å². The van der Waals surface area contributed by atoms with Crippen LogP contribution in [0.3, 0.4) is 0 Å². The van der Waals surface area contributed by atoms with Gasteiger partial charge >= 0.3 is 0 Å². The molecule has 1 atom stereocenters. The molecule has 1 N–H and O–H groups in total. The van der Waals surface area contributed by atoms with Crippen molar-refractivity contribution in [3.05, 3.63) is 17.7 Å². The summed E-state index contributed by atoms with van der Waals surface area (Å²) in [5, 5.41) is 3.30. The van der Waals surface area contributed by atoms with Gasteiger partial charge in [0.15, 0.2) is 16.4 Å². The molecule has 0 saturated carbocycles. The first-order valence-corrected chi connectivity index (χ1v) is 9.01. The molecule has 124 valence electrons. The average molecular weight is 339 g/mol. The van der Waals surface area contributed by atoms with Crippen LogP contribution in [-0.2, 0) is 14.6 Å². The molecule has 3 rings (SSSR count). The third kappa shape index (κ3) is 3.29. The van der Waals surface area contributed by atoms with Crippen LogP contribution in [0, 0.1) is 13.8 Å². The molecule has 0 aromatic carbocycles. The highest BCUT2D eigenvalue weighted by atomic mass is 32.2. The van der Waals surface area contributed by atoms with Crippen molar-refractivity contribution in [1.29, 1.82) is 0 Å². The summed E-state index contributed by atoms with van der Waals surface area (Å²) in [6.07, 6.45) is 1.74. The van der Waals surface area contributed by atoms with Crippen molar-refractivity contribution >= 4 is 26.8 Å². The van der Waals surface area contributed by atoms with Crippen molar-refractivity contribution < 1.29 is 22.4 Å². The van der Waals surface area contributed by atoms with Gasteiger partial charge in [0.2, 0.25) is 11.6 Å². The molecule has 2 aromatic rings. The van der Waals surface area contributed by atoms with Crippen LogP contribution in [-0.4, -0.2) is 48.4 Å². The Balaban J connectivity index is 1.66. The summed E-state index contributed by atoms with van der Waals surface area (Å²) in [5.74, 6) is 0.705. The summed E-state index contributed by atoms with van der Waals surface area (Å²) in [4.78, 5) is 20.0. The number of hydrogen-bond donors (Lipinski definition) is 1. The molecule has 3 heterocycles. The number of nitrogens with zero attached hydrogens (tertiary/aromatic N) is 2. The second kappa shape index (κ2) is 5.80. The summed E-state index contributed by atoms with van der Waals surface area (Å²) < 4.78 is 33.7. The molecule has 1 aliphatic heterocycles. The predicted molar refractivity (Wildman–Crippen MR) is 82.0 cm³/mol. The molecule has 2 aromatic heterocycles. The van der Waals surface area contributed by atoms with Gasteiger partial charge in [-0.05, 0) is 20.3 Å². The van der Waals surface area contributed by atoms with Crippen LogP contribution in [0.2, 0.25) is 0 Å². The van der Waals surface area contributed by atoms with Crippen molar-refractivity contribution in [3.8, 4) is 5.88 Å². The van der Waals surface area contributed by atoms with Crippen molar-refractivity contribution in [2.24, 2.45) is 0 Å². The minimum absolute atomic E-state index is 0.0173. The molecule has 0 unspecified atom stereocenters. The van der Waals surface area contributed by atoms with Crippen molar-refractivity contribution in [2.75, 3.05) is 18.1 Å². The first kappa shape index (κ1) is 15.7. The van der Waals surface area contributed by atoms with E-state index in [-0.39, 0.29) is 35.9 Å². The fourth-order valence-electron chi connectivity index (χ4n) is 2.57. The molecule has 1 amide bonds. The Hall–Kier alpha value is -2.16. The van der Waals surface area contributed by atoms with Gasteiger partial charge in [-0.1, -0.05) is 0 Å². The number of carbonyl (C=O) groups excluding carboxylic acids is 1. The summed E-state index contributed by atoms with van der Waals surface area (Å²) in [7, 11) is -3.03. The molecular formula is C14H17N3O5S. The zero-order chi connectivity index (χ0) is 16.6. The number of sulfone groups is 1. The Labute approximate surface area is 133 Å². The number of rotatable bonds is 4. The van der Waals surface area contributed by atoms with E-state index in [1.54, 1.807) is 0 Å². The normalized spacial score (nSPS) is 19.8. The van der Waals surface area contributed by atoms with Gasteiger partial charge in [-0.25, -0.2) is 18.4 Å². The fraction of sp³-hybridized carbons (Fsp3) is 0.500. The van der Waals surface area contributed by atoms with Crippen LogP contribution in [0.5, 0.6) is 5.88 Å². The van der Waals surface area contributed by atoms with Crippen LogP contribution in [0.25, 0.3) is 11.1 Å². The number of furan rings is 1. The second-order valence-electron chi connectivity index (χ2n) is 5.60. The average Bonchev–Trinajstić information content (AvgIpc) is 2.97. The standard InChI is InChI=1S/C14H17N3O5S/c1-8-9(2)22-14-12(8)13(15-7-16-14)21-5-11(18)17-10-3-4-23(19,20)6-10/h7,10H,3-6H2,1-2H3,(H,17,18)/t10-/m1/s1. The van der Waals surface area contributed by atoms with E-state index < -0.39 is 9.84 Å². The Morgan fingerprint density at radius 1 is 1.43 bits per heavy atom. The number of hydrogen-bond acceptors (Lipinski definition) is 7. The molecule has 0 radical (unpaired) electrons. The van der Waals surface area contributed by atoms with Gasteiger partial charge in [0.25, 0.3) is 5.91 Å². The topological polar surface area (TPSA) is 111 Å². The number of carbonyl (C=O) groups is 1. The lowest BCUT2D eigenvalue weighted by molar-refractivity contribution is -0.123. The van der Waals surface area contributed by atoms with Crippen LogP contribution >= 0.6 is 0 Å². The van der Waals surface area contributed by atoms with Gasteiger partial charge in [-0.2, -0.15) is 0 Å². The number of aryl methyl sites for hydroxylation is 2. The molecule has 23 heavy (non-hydrogen) atoms. The largest absolute Gasteiger partial charge is 0.467 e. The van der Waals surface area contributed by atoms with Crippen molar-refractivity contribution in [3.63, 3.8) is 0 Å². The second-order valence-corrected chi connectivity index (χ2v) is 7.83. The third-order valence-electron chi connectivity index (χ3n) is 3.87. The van der Waals surface area contributed by atoms with E-state index in [4.69, 9.17) is 9.15 Å². The number of fused-ring (bicyclic) bond motifs is 1. The highest BCUT2D eigenvalue weighted by Crippen LogP contribution is 2.29.